The fraction of sp³-hybridized carbons (Fsp3) is 0.360. The number of carbonyl (C=O) groups excluding carboxylic acids is 1. The standard InChI is InChI=1S/C25H29FN4O3S/c1-17-4-9-22(16-18(17)2)34(32,33)30-13-10-20(11-14-30)25(31)28-23(24-27-12-15-29(24)3)19-5-7-21(26)8-6-19/h4-9,12,15-16,20,23H,10-11,13-14H2,1-3H3,(H,28,31). The summed E-state index contributed by atoms with van der Waals surface area (Å²) in [6.45, 7) is 4.39. The zero-order valence-electron chi connectivity index (χ0n) is 19.5. The molecule has 0 saturated carbocycles. The van der Waals surface area contributed by atoms with Crippen molar-refractivity contribution in [2.24, 2.45) is 13.0 Å². The van der Waals surface area contributed by atoms with Crippen LogP contribution in [-0.4, -0.2) is 41.3 Å². The lowest BCUT2D eigenvalue weighted by molar-refractivity contribution is -0.126. The molecule has 7 nitrogen and oxygen atoms in total. The minimum absolute atomic E-state index is 0.166. The topological polar surface area (TPSA) is 84.3 Å². The molecule has 0 bridgehead atoms. The van der Waals surface area contributed by atoms with Gasteiger partial charge in [-0.05, 0) is 67.6 Å². The summed E-state index contributed by atoms with van der Waals surface area (Å²) in [5.41, 5.74) is 2.69. The van der Waals surface area contributed by atoms with Crippen molar-refractivity contribution in [3.05, 3.63) is 83.2 Å². The number of halogens is 1. The third-order valence-corrected chi connectivity index (χ3v) is 8.44. The second kappa shape index (κ2) is 9.68. The summed E-state index contributed by atoms with van der Waals surface area (Å²) in [7, 11) is -1.77. The molecule has 1 saturated heterocycles. The first-order chi connectivity index (χ1) is 16.2. The Morgan fingerprint density at radius 1 is 1.09 bits per heavy atom. The van der Waals surface area contributed by atoms with Gasteiger partial charge in [-0.3, -0.25) is 4.79 Å². The van der Waals surface area contributed by atoms with Gasteiger partial charge in [0.2, 0.25) is 15.9 Å². The third kappa shape index (κ3) is 4.90. The molecule has 1 unspecified atom stereocenters. The van der Waals surface area contributed by atoms with Crippen molar-refractivity contribution in [3.8, 4) is 0 Å². The van der Waals surface area contributed by atoms with E-state index in [9.17, 15) is 17.6 Å². The van der Waals surface area contributed by atoms with Gasteiger partial charge in [-0.2, -0.15) is 4.31 Å². The number of hydrogen-bond acceptors (Lipinski definition) is 4. The van der Waals surface area contributed by atoms with Crippen LogP contribution in [0.1, 0.15) is 41.4 Å². The van der Waals surface area contributed by atoms with Gasteiger partial charge in [0.05, 0.1) is 4.90 Å². The maximum atomic E-state index is 13.5. The second-order valence-electron chi connectivity index (χ2n) is 8.81. The quantitative estimate of drug-likeness (QED) is 0.581. The molecule has 1 aliphatic heterocycles. The minimum atomic E-state index is -3.61. The molecule has 1 aromatic heterocycles. The van der Waals surface area contributed by atoms with Crippen LogP contribution in [0.25, 0.3) is 0 Å². The van der Waals surface area contributed by atoms with Crippen LogP contribution in [0.3, 0.4) is 0 Å². The number of benzene rings is 2. The number of rotatable bonds is 6. The van der Waals surface area contributed by atoms with Crippen molar-refractivity contribution in [1.82, 2.24) is 19.2 Å². The van der Waals surface area contributed by atoms with Crippen LogP contribution in [-0.2, 0) is 21.9 Å². The molecule has 0 spiro atoms. The Kier molecular flexibility index (Phi) is 6.86. The van der Waals surface area contributed by atoms with Crippen molar-refractivity contribution in [2.75, 3.05) is 13.1 Å². The lowest BCUT2D eigenvalue weighted by Gasteiger charge is -2.31. The highest BCUT2D eigenvalue weighted by molar-refractivity contribution is 7.89. The number of nitrogens with one attached hydrogen (secondary N) is 1. The number of aryl methyl sites for hydroxylation is 3. The molecule has 2 aromatic carbocycles. The highest BCUT2D eigenvalue weighted by Crippen LogP contribution is 2.27. The maximum absolute atomic E-state index is 13.5. The van der Waals surface area contributed by atoms with Crippen LogP contribution in [0.2, 0.25) is 0 Å². The fourth-order valence-corrected chi connectivity index (χ4v) is 5.80. The van der Waals surface area contributed by atoms with Gasteiger partial charge in [0.25, 0.3) is 0 Å². The van der Waals surface area contributed by atoms with Gasteiger partial charge in [-0.15, -0.1) is 0 Å². The molecule has 2 heterocycles. The van der Waals surface area contributed by atoms with Crippen LogP contribution >= 0.6 is 0 Å². The predicted molar refractivity (Wildman–Crippen MR) is 127 cm³/mol. The Morgan fingerprint density at radius 2 is 1.76 bits per heavy atom. The SMILES string of the molecule is Cc1ccc(S(=O)(=O)N2CCC(C(=O)NC(c3ccc(F)cc3)c3nccn3C)CC2)cc1C. The van der Waals surface area contributed by atoms with E-state index in [0.29, 0.717) is 18.7 Å². The first-order valence-corrected chi connectivity index (χ1v) is 12.7. The van der Waals surface area contributed by atoms with Gasteiger partial charge in [0, 0.05) is 38.4 Å². The Bertz CT molecular complexity index is 1280. The highest BCUT2D eigenvalue weighted by Gasteiger charge is 2.33. The molecule has 1 fully saturated rings. The van der Waals surface area contributed by atoms with Crippen LogP contribution in [0, 0.1) is 25.6 Å². The molecule has 1 atom stereocenters. The van der Waals surface area contributed by atoms with E-state index in [4.69, 9.17) is 0 Å². The maximum Gasteiger partial charge on any atom is 0.243 e. The largest absolute Gasteiger partial charge is 0.342 e. The molecule has 34 heavy (non-hydrogen) atoms. The Morgan fingerprint density at radius 3 is 2.35 bits per heavy atom. The number of imidazole rings is 1. The normalized spacial score (nSPS) is 16.4. The van der Waals surface area contributed by atoms with E-state index in [2.05, 4.69) is 10.3 Å². The predicted octanol–water partition coefficient (Wildman–Crippen LogP) is 3.48. The van der Waals surface area contributed by atoms with E-state index in [1.54, 1.807) is 36.7 Å². The molecular formula is C25H29FN4O3S. The summed E-state index contributed by atoms with van der Waals surface area (Å²) in [6.07, 6.45) is 4.28. The molecule has 9 heteroatoms. The zero-order valence-corrected chi connectivity index (χ0v) is 20.3. The summed E-state index contributed by atoms with van der Waals surface area (Å²) in [5.74, 6) is -0.212. The van der Waals surface area contributed by atoms with Crippen molar-refractivity contribution < 1.29 is 17.6 Å². The molecule has 1 amide bonds. The van der Waals surface area contributed by atoms with Gasteiger partial charge in [-0.25, -0.2) is 17.8 Å². The Hall–Kier alpha value is -3.04. The van der Waals surface area contributed by atoms with E-state index in [0.717, 1.165) is 16.7 Å². The van der Waals surface area contributed by atoms with E-state index >= 15 is 0 Å². The molecule has 3 aromatic rings. The zero-order chi connectivity index (χ0) is 24.5. The van der Waals surface area contributed by atoms with Gasteiger partial charge in [0.15, 0.2) is 0 Å². The smallest absolute Gasteiger partial charge is 0.243 e. The van der Waals surface area contributed by atoms with Crippen molar-refractivity contribution in [1.29, 1.82) is 0 Å². The van der Waals surface area contributed by atoms with E-state index < -0.39 is 16.1 Å². The number of hydrogen-bond donors (Lipinski definition) is 1. The summed E-state index contributed by atoms with van der Waals surface area (Å²) in [6, 6.07) is 10.6. The molecule has 180 valence electrons. The number of piperidine rings is 1. The number of carbonyl (C=O) groups is 1. The van der Waals surface area contributed by atoms with Gasteiger partial charge < -0.3 is 9.88 Å². The summed E-state index contributed by atoms with van der Waals surface area (Å²) in [5, 5.41) is 3.05. The first kappa shape index (κ1) is 24.1. The van der Waals surface area contributed by atoms with E-state index in [-0.39, 0.29) is 35.6 Å². The second-order valence-corrected chi connectivity index (χ2v) is 10.8. The lowest BCUT2D eigenvalue weighted by Crippen LogP contribution is -2.44. The van der Waals surface area contributed by atoms with Crippen LogP contribution in [0.15, 0.2) is 59.8 Å². The van der Waals surface area contributed by atoms with E-state index in [1.807, 2.05) is 31.5 Å². The van der Waals surface area contributed by atoms with Gasteiger partial charge >= 0.3 is 0 Å². The van der Waals surface area contributed by atoms with Gasteiger partial charge in [0.1, 0.15) is 17.7 Å². The van der Waals surface area contributed by atoms with Crippen molar-refractivity contribution >= 4 is 15.9 Å². The molecular weight excluding hydrogens is 455 g/mol. The highest BCUT2D eigenvalue weighted by atomic mass is 32.2. The average Bonchev–Trinajstić information content (AvgIpc) is 3.25. The number of amides is 1. The van der Waals surface area contributed by atoms with Gasteiger partial charge in [-0.1, -0.05) is 18.2 Å². The summed E-state index contributed by atoms with van der Waals surface area (Å²) >= 11 is 0. The molecule has 1 aliphatic rings. The molecule has 1 N–H and O–H groups in total. The fourth-order valence-electron chi connectivity index (χ4n) is 4.25. The van der Waals surface area contributed by atoms with Crippen molar-refractivity contribution in [3.63, 3.8) is 0 Å². The average molecular weight is 485 g/mol. The third-order valence-electron chi connectivity index (χ3n) is 6.55. The van der Waals surface area contributed by atoms with Crippen molar-refractivity contribution in [2.45, 2.75) is 37.6 Å². The van der Waals surface area contributed by atoms with E-state index in [1.165, 1.54) is 16.4 Å². The molecule has 0 radical (unpaired) electrons. The number of sulfonamides is 1. The lowest BCUT2D eigenvalue weighted by atomic mass is 9.96. The van der Waals surface area contributed by atoms with Crippen LogP contribution in [0.5, 0.6) is 0 Å². The Balaban J connectivity index is 1.46. The number of aromatic nitrogens is 2. The first-order valence-electron chi connectivity index (χ1n) is 11.3. The van der Waals surface area contributed by atoms with Crippen LogP contribution in [0.4, 0.5) is 4.39 Å². The summed E-state index contributed by atoms with van der Waals surface area (Å²) < 4.78 is 42.9. The minimum Gasteiger partial charge on any atom is -0.342 e. The molecule has 0 aliphatic carbocycles. The Labute approximate surface area is 199 Å². The van der Waals surface area contributed by atoms with Crippen LogP contribution < -0.4 is 5.32 Å². The molecule has 4 rings (SSSR count). The monoisotopic (exact) mass is 484 g/mol. The number of nitrogens with zero attached hydrogens (tertiary/aromatic N) is 3. The summed E-state index contributed by atoms with van der Waals surface area (Å²) in [4.78, 5) is 17.8.